The molecule has 0 aliphatic rings. The van der Waals surface area contributed by atoms with E-state index >= 15 is 0 Å². The molecular formula is C18H19Cl2NO3. The lowest BCUT2D eigenvalue weighted by molar-refractivity contribution is -0.134. The number of halogens is 2. The molecule has 2 rings (SSSR count). The molecule has 2 aromatic carbocycles. The van der Waals surface area contributed by atoms with Crippen LogP contribution in [0, 0.1) is 0 Å². The van der Waals surface area contributed by atoms with Gasteiger partial charge in [0.25, 0.3) is 5.91 Å². The average molecular weight is 368 g/mol. The molecule has 0 fully saturated rings. The Balaban J connectivity index is 2.03. The van der Waals surface area contributed by atoms with Crippen molar-refractivity contribution in [3.63, 3.8) is 0 Å². The minimum atomic E-state index is -0.205. The van der Waals surface area contributed by atoms with Crippen molar-refractivity contribution < 1.29 is 14.3 Å². The summed E-state index contributed by atoms with van der Waals surface area (Å²) in [7, 11) is 3.27. The first-order chi connectivity index (χ1) is 11.4. The number of amides is 1. The molecule has 0 saturated carbocycles. The van der Waals surface area contributed by atoms with Gasteiger partial charge in [-0.05, 0) is 36.8 Å². The molecular weight excluding hydrogens is 349 g/mol. The zero-order chi connectivity index (χ0) is 17.7. The molecule has 0 spiro atoms. The summed E-state index contributed by atoms with van der Waals surface area (Å²) in [5, 5.41) is 1.09. The number of rotatable bonds is 6. The van der Waals surface area contributed by atoms with Crippen molar-refractivity contribution in [2.24, 2.45) is 0 Å². The summed E-state index contributed by atoms with van der Waals surface area (Å²) in [5.41, 5.74) is 0.828. The van der Waals surface area contributed by atoms with Gasteiger partial charge in [-0.25, -0.2) is 0 Å². The van der Waals surface area contributed by atoms with Crippen molar-refractivity contribution in [1.82, 2.24) is 4.90 Å². The smallest absolute Gasteiger partial charge is 0.260 e. The molecule has 1 amide bonds. The lowest BCUT2D eigenvalue weighted by Crippen LogP contribution is -2.33. The molecule has 128 valence electrons. The van der Waals surface area contributed by atoms with Crippen LogP contribution < -0.4 is 9.47 Å². The molecule has 24 heavy (non-hydrogen) atoms. The molecule has 0 aliphatic heterocycles. The van der Waals surface area contributed by atoms with Gasteiger partial charge in [0.05, 0.1) is 13.2 Å². The van der Waals surface area contributed by atoms with Gasteiger partial charge in [0.15, 0.2) is 18.1 Å². The fraction of sp³-hybridized carbons (Fsp3) is 0.278. The van der Waals surface area contributed by atoms with Crippen molar-refractivity contribution in [3.8, 4) is 11.5 Å². The van der Waals surface area contributed by atoms with Crippen LogP contribution in [0.3, 0.4) is 0 Å². The molecule has 1 unspecified atom stereocenters. The summed E-state index contributed by atoms with van der Waals surface area (Å²) >= 11 is 12.1. The van der Waals surface area contributed by atoms with Gasteiger partial charge < -0.3 is 14.4 Å². The normalized spacial score (nSPS) is 11.7. The minimum Gasteiger partial charge on any atom is -0.493 e. The highest BCUT2D eigenvalue weighted by Crippen LogP contribution is 2.29. The maximum absolute atomic E-state index is 12.4. The Labute approximate surface area is 151 Å². The van der Waals surface area contributed by atoms with Gasteiger partial charge in [-0.1, -0.05) is 41.4 Å². The van der Waals surface area contributed by atoms with Crippen LogP contribution in [0.25, 0.3) is 0 Å². The molecule has 6 heteroatoms. The number of carbonyl (C=O) groups is 1. The third-order valence-electron chi connectivity index (χ3n) is 3.81. The van der Waals surface area contributed by atoms with Crippen molar-refractivity contribution in [2.45, 2.75) is 13.0 Å². The van der Waals surface area contributed by atoms with Gasteiger partial charge in [-0.2, -0.15) is 0 Å². The lowest BCUT2D eigenvalue weighted by atomic mass is 10.1. The molecule has 0 heterocycles. The minimum absolute atomic E-state index is 0.0909. The summed E-state index contributed by atoms with van der Waals surface area (Å²) in [6.07, 6.45) is 0. The maximum Gasteiger partial charge on any atom is 0.260 e. The average Bonchev–Trinajstić information content (AvgIpc) is 2.58. The van der Waals surface area contributed by atoms with Crippen LogP contribution >= 0.6 is 23.2 Å². The van der Waals surface area contributed by atoms with E-state index in [-0.39, 0.29) is 18.6 Å². The van der Waals surface area contributed by atoms with Gasteiger partial charge >= 0.3 is 0 Å². The second-order valence-electron chi connectivity index (χ2n) is 5.29. The van der Waals surface area contributed by atoms with Crippen LogP contribution in [-0.2, 0) is 4.79 Å². The number of hydrogen-bond donors (Lipinski definition) is 0. The monoisotopic (exact) mass is 367 g/mol. The number of benzene rings is 2. The topological polar surface area (TPSA) is 38.8 Å². The van der Waals surface area contributed by atoms with Crippen molar-refractivity contribution in [3.05, 3.63) is 58.1 Å². The van der Waals surface area contributed by atoms with Crippen molar-refractivity contribution >= 4 is 29.1 Å². The number of nitrogens with zero attached hydrogens (tertiary/aromatic N) is 1. The number of hydrogen-bond acceptors (Lipinski definition) is 3. The highest BCUT2D eigenvalue weighted by Gasteiger charge is 2.20. The first-order valence-corrected chi connectivity index (χ1v) is 8.16. The van der Waals surface area contributed by atoms with E-state index in [2.05, 4.69) is 0 Å². The largest absolute Gasteiger partial charge is 0.493 e. The summed E-state index contributed by atoms with van der Waals surface area (Å²) in [4.78, 5) is 14.0. The fourth-order valence-electron chi connectivity index (χ4n) is 2.24. The number of para-hydroxylation sites is 2. The Morgan fingerprint density at radius 1 is 1.17 bits per heavy atom. The highest BCUT2D eigenvalue weighted by molar-refractivity contribution is 6.35. The number of likely N-dealkylation sites (N-methyl/N-ethyl adjacent to an activating group) is 1. The molecule has 0 radical (unpaired) electrons. The second-order valence-corrected chi connectivity index (χ2v) is 6.13. The first kappa shape index (κ1) is 18.4. The summed E-state index contributed by atoms with van der Waals surface area (Å²) < 4.78 is 10.8. The molecule has 4 nitrogen and oxygen atoms in total. The SMILES string of the molecule is COc1ccccc1OCC(=O)N(C)C(C)c1ccc(Cl)cc1Cl. The Bertz CT molecular complexity index is 721. The number of methoxy groups -OCH3 is 1. The Kier molecular flexibility index (Phi) is 6.35. The highest BCUT2D eigenvalue weighted by atomic mass is 35.5. The van der Waals surface area contributed by atoms with Crippen LogP contribution in [0.5, 0.6) is 11.5 Å². The van der Waals surface area contributed by atoms with E-state index in [9.17, 15) is 4.79 Å². The fourth-order valence-corrected chi connectivity index (χ4v) is 2.81. The van der Waals surface area contributed by atoms with Gasteiger partial charge in [-0.3, -0.25) is 4.79 Å². The van der Waals surface area contributed by atoms with E-state index < -0.39 is 0 Å². The van der Waals surface area contributed by atoms with Crippen molar-refractivity contribution in [2.75, 3.05) is 20.8 Å². The predicted molar refractivity (Wildman–Crippen MR) is 96.1 cm³/mol. The van der Waals surface area contributed by atoms with E-state index in [0.717, 1.165) is 5.56 Å². The Hall–Kier alpha value is -1.91. The van der Waals surface area contributed by atoms with Crippen LogP contribution in [0.4, 0.5) is 0 Å². The molecule has 0 aliphatic carbocycles. The maximum atomic E-state index is 12.4. The zero-order valence-corrected chi connectivity index (χ0v) is 15.3. The lowest BCUT2D eigenvalue weighted by Gasteiger charge is -2.26. The third kappa shape index (κ3) is 4.34. The second kappa shape index (κ2) is 8.27. The summed E-state index contributed by atoms with van der Waals surface area (Å²) in [6.45, 7) is 1.81. The number of carbonyl (C=O) groups excluding carboxylic acids is 1. The van der Waals surface area contributed by atoms with Crippen LogP contribution in [-0.4, -0.2) is 31.6 Å². The molecule has 0 N–H and O–H groups in total. The van der Waals surface area contributed by atoms with E-state index in [1.165, 1.54) is 0 Å². The van der Waals surface area contributed by atoms with Crippen LogP contribution in [0.1, 0.15) is 18.5 Å². The van der Waals surface area contributed by atoms with Gasteiger partial charge in [0.2, 0.25) is 0 Å². The van der Waals surface area contributed by atoms with Gasteiger partial charge in [0, 0.05) is 17.1 Å². The quantitative estimate of drug-likeness (QED) is 0.748. The standard InChI is InChI=1S/C18H19Cl2NO3/c1-12(14-9-8-13(19)10-15(14)20)21(2)18(22)11-24-17-7-5-4-6-16(17)23-3/h4-10,12H,11H2,1-3H3. The Morgan fingerprint density at radius 3 is 2.46 bits per heavy atom. The zero-order valence-electron chi connectivity index (χ0n) is 13.8. The molecule has 2 aromatic rings. The van der Waals surface area contributed by atoms with Crippen LogP contribution in [0.15, 0.2) is 42.5 Å². The van der Waals surface area contributed by atoms with Gasteiger partial charge in [0.1, 0.15) is 0 Å². The van der Waals surface area contributed by atoms with Gasteiger partial charge in [-0.15, -0.1) is 0 Å². The van der Waals surface area contributed by atoms with Crippen LogP contribution in [0.2, 0.25) is 10.0 Å². The van der Waals surface area contributed by atoms with E-state index in [0.29, 0.717) is 21.5 Å². The first-order valence-electron chi connectivity index (χ1n) is 7.40. The summed E-state index contributed by atoms with van der Waals surface area (Å²) in [6, 6.07) is 12.2. The Morgan fingerprint density at radius 2 is 1.83 bits per heavy atom. The number of ether oxygens (including phenoxy) is 2. The van der Waals surface area contributed by atoms with E-state index in [4.69, 9.17) is 32.7 Å². The van der Waals surface area contributed by atoms with Crippen molar-refractivity contribution in [1.29, 1.82) is 0 Å². The molecule has 1 atom stereocenters. The molecule has 0 bridgehead atoms. The third-order valence-corrected chi connectivity index (χ3v) is 4.37. The molecule has 0 aromatic heterocycles. The predicted octanol–water partition coefficient (Wildman–Crippen LogP) is 4.60. The molecule has 0 saturated heterocycles. The van der Waals surface area contributed by atoms with E-state index in [1.807, 2.05) is 25.1 Å². The van der Waals surface area contributed by atoms with E-state index in [1.54, 1.807) is 43.3 Å². The summed E-state index contributed by atoms with van der Waals surface area (Å²) in [5.74, 6) is 0.945.